The minimum Gasteiger partial charge on any atom is -0.357 e. The first-order chi connectivity index (χ1) is 13.7. The molecule has 0 amide bonds. The molecule has 0 saturated carbocycles. The lowest BCUT2D eigenvalue weighted by atomic mass is 10.00. The Hall–Kier alpha value is -1.85. The Balaban J connectivity index is 1.53. The van der Waals surface area contributed by atoms with Crippen molar-refractivity contribution in [2.24, 2.45) is 10.9 Å². The number of guanidine groups is 1. The van der Waals surface area contributed by atoms with E-state index in [1.54, 1.807) is 0 Å². The van der Waals surface area contributed by atoms with Gasteiger partial charge in [0, 0.05) is 58.9 Å². The second-order valence-electron chi connectivity index (χ2n) is 8.20. The number of aliphatic imine (C=N–C) groups is 1. The Labute approximate surface area is 171 Å². The smallest absolute Gasteiger partial charge is 0.194 e. The maximum atomic E-state index is 4.98. The molecule has 1 N–H and O–H groups in total. The predicted molar refractivity (Wildman–Crippen MR) is 120 cm³/mol. The first-order valence-electron chi connectivity index (χ1n) is 10.8. The van der Waals surface area contributed by atoms with E-state index in [-0.39, 0.29) is 0 Å². The summed E-state index contributed by atoms with van der Waals surface area (Å²) in [5.74, 6) is 1.65. The summed E-state index contributed by atoms with van der Waals surface area (Å²) in [6.07, 6.45) is 3.44. The monoisotopic (exact) mass is 383 g/mol. The Bertz CT molecular complexity index is 646. The van der Waals surface area contributed by atoms with Crippen molar-refractivity contribution in [3.63, 3.8) is 0 Å². The molecule has 28 heavy (non-hydrogen) atoms. The zero-order valence-electron chi connectivity index (χ0n) is 17.9. The molecule has 1 saturated heterocycles. The van der Waals surface area contributed by atoms with Crippen molar-refractivity contribution in [3.05, 3.63) is 42.0 Å². The zero-order chi connectivity index (χ0) is 19.8. The number of nitrogens with one attached hydrogen (secondary N) is 1. The minimum atomic E-state index is 0.581. The lowest BCUT2D eigenvalue weighted by Crippen LogP contribution is -2.46. The molecule has 0 bridgehead atoms. The van der Waals surface area contributed by atoms with Gasteiger partial charge < -0.3 is 20.0 Å². The van der Waals surface area contributed by atoms with Gasteiger partial charge in [0.2, 0.25) is 0 Å². The van der Waals surface area contributed by atoms with Gasteiger partial charge >= 0.3 is 0 Å². The molecule has 1 fully saturated rings. The van der Waals surface area contributed by atoms with Crippen LogP contribution in [0.2, 0.25) is 0 Å². The number of likely N-dealkylation sites (N-methyl/N-ethyl adjacent to an activating group) is 1. The Morgan fingerprint density at radius 2 is 1.86 bits per heavy atom. The number of piperazine rings is 1. The highest BCUT2D eigenvalue weighted by Gasteiger charge is 2.18. The quantitative estimate of drug-likeness (QED) is 0.605. The van der Waals surface area contributed by atoms with Gasteiger partial charge in [0.15, 0.2) is 5.96 Å². The molecule has 1 unspecified atom stereocenters. The van der Waals surface area contributed by atoms with Crippen molar-refractivity contribution in [1.82, 2.24) is 20.0 Å². The van der Waals surface area contributed by atoms with E-state index in [1.807, 2.05) is 0 Å². The average Bonchev–Trinajstić information content (AvgIpc) is 2.73. The molecule has 5 nitrogen and oxygen atoms in total. The molecule has 0 radical (unpaired) electrons. The first kappa shape index (κ1) is 20.9. The van der Waals surface area contributed by atoms with Crippen molar-refractivity contribution in [2.45, 2.75) is 20.3 Å². The van der Waals surface area contributed by atoms with Crippen molar-refractivity contribution in [3.8, 4) is 0 Å². The first-order valence-corrected chi connectivity index (χ1v) is 10.8. The third-order valence-electron chi connectivity index (χ3n) is 5.71. The van der Waals surface area contributed by atoms with Crippen LogP contribution in [-0.2, 0) is 0 Å². The summed E-state index contributed by atoms with van der Waals surface area (Å²) in [7, 11) is 2.21. The number of hydrogen-bond donors (Lipinski definition) is 1. The molecule has 5 heteroatoms. The maximum Gasteiger partial charge on any atom is 0.194 e. The normalized spacial score (nSPS) is 20.8. The van der Waals surface area contributed by atoms with Crippen molar-refractivity contribution >= 4 is 11.5 Å². The maximum absolute atomic E-state index is 4.98. The molecule has 3 rings (SSSR count). The van der Waals surface area contributed by atoms with Gasteiger partial charge in [-0.2, -0.15) is 0 Å². The second-order valence-corrected chi connectivity index (χ2v) is 8.20. The van der Waals surface area contributed by atoms with Crippen LogP contribution in [0.4, 0.5) is 0 Å². The van der Waals surface area contributed by atoms with Crippen molar-refractivity contribution < 1.29 is 0 Å². The fourth-order valence-electron chi connectivity index (χ4n) is 3.97. The van der Waals surface area contributed by atoms with E-state index in [9.17, 15) is 0 Å². The van der Waals surface area contributed by atoms with Gasteiger partial charge in [-0.25, -0.2) is 0 Å². The van der Waals surface area contributed by atoms with Crippen molar-refractivity contribution in [2.75, 3.05) is 66.0 Å². The van der Waals surface area contributed by atoms with Gasteiger partial charge in [-0.05, 0) is 37.4 Å². The van der Waals surface area contributed by atoms with E-state index in [0.29, 0.717) is 5.92 Å². The Kier molecular flexibility index (Phi) is 7.92. The summed E-state index contributed by atoms with van der Waals surface area (Å²) in [4.78, 5) is 12.4. The van der Waals surface area contributed by atoms with Crippen LogP contribution in [0.25, 0.3) is 5.57 Å². The number of nitrogens with zero attached hydrogens (tertiary/aromatic N) is 4. The fourth-order valence-corrected chi connectivity index (χ4v) is 3.97. The summed E-state index contributed by atoms with van der Waals surface area (Å²) in [5.41, 5.74) is 2.81. The molecule has 1 aromatic carbocycles. The third kappa shape index (κ3) is 6.08. The predicted octanol–water partition coefficient (Wildman–Crippen LogP) is 2.62. The number of benzene rings is 1. The van der Waals surface area contributed by atoms with Crippen LogP contribution in [0.1, 0.15) is 25.8 Å². The topological polar surface area (TPSA) is 34.1 Å². The minimum absolute atomic E-state index is 0.581. The zero-order valence-corrected chi connectivity index (χ0v) is 17.9. The molecule has 0 spiro atoms. The van der Waals surface area contributed by atoms with E-state index in [1.165, 1.54) is 37.3 Å². The van der Waals surface area contributed by atoms with Crippen LogP contribution < -0.4 is 5.32 Å². The summed E-state index contributed by atoms with van der Waals surface area (Å²) in [6, 6.07) is 10.7. The highest BCUT2D eigenvalue weighted by molar-refractivity contribution is 5.81. The third-order valence-corrected chi connectivity index (χ3v) is 5.71. The molecular weight excluding hydrogens is 346 g/mol. The van der Waals surface area contributed by atoms with E-state index in [0.717, 1.165) is 45.1 Å². The number of rotatable bonds is 6. The van der Waals surface area contributed by atoms with Crippen LogP contribution in [0.5, 0.6) is 0 Å². The van der Waals surface area contributed by atoms with Crippen LogP contribution >= 0.6 is 0 Å². The van der Waals surface area contributed by atoms with Gasteiger partial charge in [-0.15, -0.1) is 0 Å². The van der Waals surface area contributed by atoms with Gasteiger partial charge in [-0.3, -0.25) is 4.99 Å². The van der Waals surface area contributed by atoms with Crippen molar-refractivity contribution in [1.29, 1.82) is 0 Å². The van der Waals surface area contributed by atoms with E-state index in [2.05, 4.69) is 77.3 Å². The molecular formula is C23H37N5. The molecule has 2 aliphatic heterocycles. The summed E-state index contributed by atoms with van der Waals surface area (Å²) in [5, 5.41) is 3.50. The largest absolute Gasteiger partial charge is 0.357 e. The van der Waals surface area contributed by atoms with Gasteiger partial charge in [0.1, 0.15) is 0 Å². The molecule has 0 aromatic heterocycles. The highest BCUT2D eigenvalue weighted by Crippen LogP contribution is 2.22. The average molecular weight is 384 g/mol. The van der Waals surface area contributed by atoms with Gasteiger partial charge in [0.05, 0.1) is 0 Å². The molecule has 0 aliphatic carbocycles. The van der Waals surface area contributed by atoms with Crippen LogP contribution in [0.15, 0.2) is 41.4 Å². The molecule has 1 atom stereocenters. The molecule has 1 aromatic rings. The summed E-state index contributed by atoms with van der Waals surface area (Å²) in [6.45, 7) is 14.1. The van der Waals surface area contributed by atoms with Crippen LogP contribution in [-0.4, -0.2) is 86.6 Å². The highest BCUT2D eigenvalue weighted by atomic mass is 15.3. The van der Waals surface area contributed by atoms with Crippen LogP contribution in [0, 0.1) is 5.92 Å². The fraction of sp³-hybridized carbons (Fsp3) is 0.609. The molecule has 154 valence electrons. The molecule has 2 aliphatic rings. The lowest BCUT2D eigenvalue weighted by molar-refractivity contribution is 0.140. The summed E-state index contributed by atoms with van der Waals surface area (Å²) >= 11 is 0. The second kappa shape index (κ2) is 10.6. The van der Waals surface area contributed by atoms with Gasteiger partial charge in [-0.1, -0.05) is 43.3 Å². The van der Waals surface area contributed by atoms with E-state index >= 15 is 0 Å². The lowest BCUT2D eigenvalue weighted by Gasteiger charge is -2.34. The number of hydrogen-bond acceptors (Lipinski definition) is 3. The summed E-state index contributed by atoms with van der Waals surface area (Å²) < 4.78 is 0. The van der Waals surface area contributed by atoms with E-state index < -0.39 is 0 Å². The Morgan fingerprint density at radius 3 is 2.50 bits per heavy atom. The Morgan fingerprint density at radius 1 is 1.11 bits per heavy atom. The van der Waals surface area contributed by atoms with Gasteiger partial charge in [0.25, 0.3) is 0 Å². The SMILES string of the molecule is CCNC(=NCC(C)CN1CCN(C)CC1)N1CC=C(c2ccccc2)CC1. The molecule has 2 heterocycles. The van der Waals surface area contributed by atoms with Crippen LogP contribution in [0.3, 0.4) is 0 Å². The standard InChI is InChI=1S/C23H37N5/c1-4-24-23(25-18-20(2)19-27-16-14-26(3)15-17-27)28-12-10-22(11-13-28)21-8-6-5-7-9-21/h5-10,20H,4,11-19H2,1-3H3,(H,24,25). The van der Waals surface area contributed by atoms with E-state index in [4.69, 9.17) is 4.99 Å².